The highest BCUT2D eigenvalue weighted by atomic mass is 32.2. The topological polar surface area (TPSA) is 20.2 Å². The molecule has 0 spiro atoms. The molecule has 0 aromatic carbocycles. The predicted octanol–water partition coefficient (Wildman–Crippen LogP) is 3.85. The van der Waals surface area contributed by atoms with Gasteiger partial charge in [-0.2, -0.15) is 11.8 Å². The van der Waals surface area contributed by atoms with Crippen LogP contribution >= 0.6 is 11.8 Å². The lowest BCUT2D eigenvalue weighted by Gasteiger charge is -2.22. The Labute approximate surface area is 99.0 Å². The van der Waals surface area contributed by atoms with E-state index in [1.54, 1.807) is 0 Å². The van der Waals surface area contributed by atoms with Crippen molar-refractivity contribution in [2.45, 2.75) is 70.1 Å². The third-order valence-corrected chi connectivity index (χ3v) is 4.67. The zero-order valence-corrected chi connectivity index (χ0v) is 11.1. The Kier molecular flexibility index (Phi) is 6.74. The van der Waals surface area contributed by atoms with E-state index in [0.29, 0.717) is 0 Å². The molecule has 0 aromatic heterocycles. The lowest BCUT2D eigenvalue weighted by atomic mass is 10.0. The van der Waals surface area contributed by atoms with Gasteiger partial charge in [-0.1, -0.05) is 33.1 Å². The standard InChI is InChI=1S/C13H26OS/c1-11(2)8-9-12(14)10-15-13-6-4-3-5-7-13/h11-14H,3-10H2,1-2H3. The average molecular weight is 230 g/mol. The van der Waals surface area contributed by atoms with Gasteiger partial charge in [-0.05, 0) is 31.6 Å². The van der Waals surface area contributed by atoms with Crippen LogP contribution in [0.2, 0.25) is 0 Å². The van der Waals surface area contributed by atoms with E-state index in [0.717, 1.165) is 29.8 Å². The number of thioether (sulfide) groups is 1. The SMILES string of the molecule is CC(C)CCC(O)CSC1CCCCC1. The summed E-state index contributed by atoms with van der Waals surface area (Å²) in [4.78, 5) is 0. The monoisotopic (exact) mass is 230 g/mol. The molecule has 0 bridgehead atoms. The van der Waals surface area contributed by atoms with Crippen molar-refractivity contribution in [1.82, 2.24) is 0 Å². The van der Waals surface area contributed by atoms with Crippen molar-refractivity contribution in [3.63, 3.8) is 0 Å². The van der Waals surface area contributed by atoms with E-state index >= 15 is 0 Å². The molecule has 1 fully saturated rings. The first-order chi connectivity index (χ1) is 7.18. The van der Waals surface area contributed by atoms with Gasteiger partial charge in [0.15, 0.2) is 0 Å². The maximum Gasteiger partial charge on any atom is 0.0630 e. The molecule has 2 heteroatoms. The van der Waals surface area contributed by atoms with Gasteiger partial charge in [-0.25, -0.2) is 0 Å². The first kappa shape index (κ1) is 13.4. The van der Waals surface area contributed by atoms with Crippen molar-refractivity contribution in [2.24, 2.45) is 5.92 Å². The zero-order valence-electron chi connectivity index (χ0n) is 10.2. The first-order valence-corrected chi connectivity index (χ1v) is 7.53. The summed E-state index contributed by atoms with van der Waals surface area (Å²) in [6, 6.07) is 0. The normalized spacial score (nSPS) is 20.8. The Morgan fingerprint density at radius 1 is 1.13 bits per heavy atom. The van der Waals surface area contributed by atoms with Gasteiger partial charge in [-0.15, -0.1) is 0 Å². The molecule has 15 heavy (non-hydrogen) atoms. The van der Waals surface area contributed by atoms with Crippen molar-refractivity contribution in [3.8, 4) is 0 Å². The quantitative estimate of drug-likeness (QED) is 0.748. The van der Waals surface area contributed by atoms with E-state index in [9.17, 15) is 5.11 Å². The fraction of sp³-hybridized carbons (Fsp3) is 1.00. The van der Waals surface area contributed by atoms with Gasteiger partial charge in [0.05, 0.1) is 6.10 Å². The molecule has 0 saturated heterocycles. The molecule has 1 aliphatic carbocycles. The lowest BCUT2D eigenvalue weighted by Crippen LogP contribution is -2.16. The lowest BCUT2D eigenvalue weighted by molar-refractivity contribution is 0.180. The Bertz CT molecular complexity index is 153. The number of hydrogen-bond donors (Lipinski definition) is 1. The maximum atomic E-state index is 9.81. The van der Waals surface area contributed by atoms with E-state index in [2.05, 4.69) is 13.8 Å². The molecule has 1 N–H and O–H groups in total. The molecule has 0 radical (unpaired) electrons. The molecule has 1 saturated carbocycles. The van der Waals surface area contributed by atoms with Crippen LogP contribution in [0, 0.1) is 5.92 Å². The van der Waals surface area contributed by atoms with Crippen LogP contribution in [-0.4, -0.2) is 22.2 Å². The van der Waals surface area contributed by atoms with E-state index in [4.69, 9.17) is 0 Å². The number of aliphatic hydroxyl groups is 1. The van der Waals surface area contributed by atoms with Crippen LogP contribution in [0.5, 0.6) is 0 Å². The number of hydrogen-bond acceptors (Lipinski definition) is 2. The van der Waals surface area contributed by atoms with Crippen LogP contribution in [0.15, 0.2) is 0 Å². The van der Waals surface area contributed by atoms with Crippen molar-refractivity contribution in [2.75, 3.05) is 5.75 Å². The summed E-state index contributed by atoms with van der Waals surface area (Å²) in [5.74, 6) is 1.68. The minimum Gasteiger partial charge on any atom is -0.392 e. The van der Waals surface area contributed by atoms with E-state index in [1.165, 1.54) is 32.1 Å². The van der Waals surface area contributed by atoms with Crippen LogP contribution in [-0.2, 0) is 0 Å². The van der Waals surface area contributed by atoms with Crippen molar-refractivity contribution in [3.05, 3.63) is 0 Å². The minimum absolute atomic E-state index is 0.0701. The van der Waals surface area contributed by atoms with Gasteiger partial charge < -0.3 is 5.11 Å². The molecule has 1 unspecified atom stereocenters. The predicted molar refractivity (Wildman–Crippen MR) is 69.4 cm³/mol. The Morgan fingerprint density at radius 3 is 2.40 bits per heavy atom. The van der Waals surface area contributed by atoms with Gasteiger partial charge in [0.25, 0.3) is 0 Å². The van der Waals surface area contributed by atoms with Gasteiger partial charge in [-0.3, -0.25) is 0 Å². The highest BCUT2D eigenvalue weighted by Crippen LogP contribution is 2.29. The second kappa shape index (κ2) is 7.56. The highest BCUT2D eigenvalue weighted by Gasteiger charge is 2.15. The Morgan fingerprint density at radius 2 is 1.80 bits per heavy atom. The second-order valence-corrected chi connectivity index (χ2v) is 6.55. The number of rotatable bonds is 6. The Hall–Kier alpha value is 0.310. The Balaban J connectivity index is 2.02. The summed E-state index contributed by atoms with van der Waals surface area (Å²) in [6.07, 6.45) is 9.05. The largest absolute Gasteiger partial charge is 0.392 e. The third-order valence-electron chi connectivity index (χ3n) is 3.15. The highest BCUT2D eigenvalue weighted by molar-refractivity contribution is 7.99. The molecule has 90 valence electrons. The van der Waals surface area contributed by atoms with Crippen molar-refractivity contribution < 1.29 is 5.11 Å². The summed E-state index contributed by atoms with van der Waals surface area (Å²) in [6.45, 7) is 4.45. The van der Waals surface area contributed by atoms with E-state index < -0.39 is 0 Å². The molecule has 0 amide bonds. The van der Waals surface area contributed by atoms with Gasteiger partial charge in [0.1, 0.15) is 0 Å². The van der Waals surface area contributed by atoms with Crippen LogP contribution in [0.4, 0.5) is 0 Å². The summed E-state index contributed by atoms with van der Waals surface area (Å²) >= 11 is 2.01. The van der Waals surface area contributed by atoms with Gasteiger partial charge in [0.2, 0.25) is 0 Å². The van der Waals surface area contributed by atoms with Crippen LogP contribution in [0.25, 0.3) is 0 Å². The van der Waals surface area contributed by atoms with Gasteiger partial charge in [0, 0.05) is 11.0 Å². The second-order valence-electron chi connectivity index (χ2n) is 5.22. The molecular formula is C13H26OS. The maximum absolute atomic E-state index is 9.81. The molecule has 1 atom stereocenters. The van der Waals surface area contributed by atoms with Crippen LogP contribution < -0.4 is 0 Å². The molecule has 0 aliphatic heterocycles. The molecule has 1 rings (SSSR count). The molecule has 0 heterocycles. The summed E-state index contributed by atoms with van der Waals surface area (Å²) in [7, 11) is 0. The summed E-state index contributed by atoms with van der Waals surface area (Å²) in [5, 5.41) is 10.6. The first-order valence-electron chi connectivity index (χ1n) is 6.48. The zero-order chi connectivity index (χ0) is 11.1. The minimum atomic E-state index is -0.0701. The van der Waals surface area contributed by atoms with Crippen molar-refractivity contribution in [1.29, 1.82) is 0 Å². The molecular weight excluding hydrogens is 204 g/mol. The summed E-state index contributed by atoms with van der Waals surface area (Å²) in [5.41, 5.74) is 0. The summed E-state index contributed by atoms with van der Waals surface area (Å²) < 4.78 is 0. The molecule has 1 nitrogen and oxygen atoms in total. The van der Waals surface area contributed by atoms with Crippen LogP contribution in [0.1, 0.15) is 58.8 Å². The smallest absolute Gasteiger partial charge is 0.0630 e. The fourth-order valence-corrected chi connectivity index (χ4v) is 3.42. The van der Waals surface area contributed by atoms with E-state index in [1.807, 2.05) is 11.8 Å². The average Bonchev–Trinajstić information content (AvgIpc) is 2.25. The molecule has 1 aliphatic rings. The number of aliphatic hydroxyl groups excluding tert-OH is 1. The third kappa shape index (κ3) is 6.47. The van der Waals surface area contributed by atoms with Crippen LogP contribution in [0.3, 0.4) is 0 Å². The fourth-order valence-electron chi connectivity index (χ4n) is 2.09. The van der Waals surface area contributed by atoms with E-state index in [-0.39, 0.29) is 6.10 Å². The van der Waals surface area contributed by atoms with Crippen molar-refractivity contribution >= 4 is 11.8 Å². The molecule has 0 aromatic rings. The van der Waals surface area contributed by atoms with Gasteiger partial charge >= 0.3 is 0 Å².